The highest BCUT2D eigenvalue weighted by molar-refractivity contribution is 6.32. The minimum absolute atomic E-state index is 0.215. The van der Waals surface area contributed by atoms with Crippen LogP contribution in [0.4, 0.5) is 5.82 Å². The fraction of sp³-hybridized carbons (Fsp3) is 0.200. The third kappa shape index (κ3) is 1.80. The van der Waals surface area contributed by atoms with Gasteiger partial charge in [0, 0.05) is 5.56 Å². The molecule has 0 saturated heterocycles. The average molecular weight is 225 g/mol. The van der Waals surface area contributed by atoms with Gasteiger partial charge in [0.25, 0.3) is 5.91 Å². The average Bonchev–Trinajstić information content (AvgIpc) is 2.50. The SMILES string of the molecule is CCO/C=C1/C(=O)Nc2nc(Cl)ccc21. The van der Waals surface area contributed by atoms with E-state index < -0.39 is 0 Å². The van der Waals surface area contributed by atoms with Gasteiger partial charge in [0.1, 0.15) is 11.0 Å². The van der Waals surface area contributed by atoms with Gasteiger partial charge in [-0.15, -0.1) is 0 Å². The predicted molar refractivity (Wildman–Crippen MR) is 57.5 cm³/mol. The number of hydrogen-bond acceptors (Lipinski definition) is 3. The molecule has 1 aliphatic heterocycles. The molecular formula is C10H9ClN2O2. The van der Waals surface area contributed by atoms with Crippen LogP contribution >= 0.6 is 11.6 Å². The van der Waals surface area contributed by atoms with E-state index in [1.165, 1.54) is 6.26 Å². The molecule has 1 N–H and O–H groups in total. The number of ether oxygens (including phenoxy) is 1. The number of hydrogen-bond donors (Lipinski definition) is 1. The summed E-state index contributed by atoms with van der Waals surface area (Å²) in [5, 5.41) is 2.97. The molecule has 4 nitrogen and oxygen atoms in total. The first-order chi connectivity index (χ1) is 7.22. The van der Waals surface area contributed by atoms with Crippen molar-refractivity contribution >= 4 is 28.9 Å². The summed E-state index contributed by atoms with van der Waals surface area (Å²) in [6.07, 6.45) is 1.44. The number of halogens is 1. The Labute approximate surface area is 91.9 Å². The molecule has 0 radical (unpaired) electrons. The molecule has 0 bridgehead atoms. The van der Waals surface area contributed by atoms with Gasteiger partial charge in [-0.3, -0.25) is 4.79 Å². The molecule has 1 aliphatic rings. The second-order valence-electron chi connectivity index (χ2n) is 2.97. The van der Waals surface area contributed by atoms with Gasteiger partial charge in [-0.05, 0) is 19.1 Å². The molecule has 0 aliphatic carbocycles. The van der Waals surface area contributed by atoms with E-state index in [1.807, 2.05) is 6.92 Å². The number of carbonyl (C=O) groups excluding carboxylic acids is 1. The zero-order chi connectivity index (χ0) is 10.8. The van der Waals surface area contributed by atoms with E-state index >= 15 is 0 Å². The highest BCUT2D eigenvalue weighted by Crippen LogP contribution is 2.30. The maximum absolute atomic E-state index is 11.5. The van der Waals surface area contributed by atoms with Gasteiger partial charge >= 0.3 is 0 Å². The van der Waals surface area contributed by atoms with Crippen LogP contribution in [0.15, 0.2) is 18.4 Å². The van der Waals surface area contributed by atoms with E-state index in [0.717, 1.165) is 5.56 Å². The van der Waals surface area contributed by atoms with E-state index in [4.69, 9.17) is 16.3 Å². The van der Waals surface area contributed by atoms with E-state index in [0.29, 0.717) is 23.2 Å². The number of amides is 1. The van der Waals surface area contributed by atoms with Gasteiger partial charge in [-0.1, -0.05) is 11.6 Å². The van der Waals surface area contributed by atoms with Crippen LogP contribution in [0.2, 0.25) is 5.15 Å². The predicted octanol–water partition coefficient (Wildman–Crippen LogP) is 2.06. The molecule has 1 amide bonds. The molecule has 0 spiro atoms. The third-order valence-electron chi connectivity index (χ3n) is 2.00. The number of nitrogens with one attached hydrogen (secondary N) is 1. The topological polar surface area (TPSA) is 51.2 Å². The minimum atomic E-state index is -0.215. The lowest BCUT2D eigenvalue weighted by molar-refractivity contribution is -0.110. The van der Waals surface area contributed by atoms with Crippen molar-refractivity contribution in [2.75, 3.05) is 11.9 Å². The van der Waals surface area contributed by atoms with Crippen molar-refractivity contribution in [3.05, 3.63) is 29.1 Å². The van der Waals surface area contributed by atoms with Crippen LogP contribution in [0.25, 0.3) is 5.57 Å². The molecule has 0 unspecified atom stereocenters. The second-order valence-corrected chi connectivity index (χ2v) is 3.36. The smallest absolute Gasteiger partial charge is 0.260 e. The van der Waals surface area contributed by atoms with Crippen LogP contribution in [-0.4, -0.2) is 17.5 Å². The van der Waals surface area contributed by atoms with Gasteiger partial charge < -0.3 is 10.1 Å². The number of anilines is 1. The van der Waals surface area contributed by atoms with Crippen molar-refractivity contribution in [3.63, 3.8) is 0 Å². The van der Waals surface area contributed by atoms with Crippen LogP contribution in [0.3, 0.4) is 0 Å². The highest BCUT2D eigenvalue weighted by Gasteiger charge is 2.25. The molecule has 2 heterocycles. The number of nitrogens with zero attached hydrogens (tertiary/aromatic N) is 1. The quantitative estimate of drug-likeness (QED) is 0.475. The summed E-state index contributed by atoms with van der Waals surface area (Å²) < 4.78 is 5.09. The number of carbonyl (C=O) groups is 1. The first-order valence-corrected chi connectivity index (χ1v) is 4.90. The van der Waals surface area contributed by atoms with Crippen molar-refractivity contribution in [3.8, 4) is 0 Å². The number of rotatable bonds is 2. The monoisotopic (exact) mass is 224 g/mol. The van der Waals surface area contributed by atoms with Crippen LogP contribution in [0.1, 0.15) is 12.5 Å². The lowest BCUT2D eigenvalue weighted by Gasteiger charge is -1.98. The Kier molecular flexibility index (Phi) is 2.60. The molecule has 1 aromatic heterocycles. The lowest BCUT2D eigenvalue weighted by atomic mass is 10.1. The first kappa shape index (κ1) is 9.98. The van der Waals surface area contributed by atoms with Crippen LogP contribution < -0.4 is 5.32 Å². The standard InChI is InChI=1S/C10H9ClN2O2/c1-2-15-5-7-6-3-4-8(11)12-9(6)13-10(7)14/h3-5H,2H2,1H3,(H,12,13,14)/b7-5+. The van der Waals surface area contributed by atoms with Gasteiger partial charge in [0.05, 0.1) is 18.4 Å². The van der Waals surface area contributed by atoms with Crippen LogP contribution in [0, 0.1) is 0 Å². The van der Waals surface area contributed by atoms with Crippen molar-refractivity contribution in [1.82, 2.24) is 4.98 Å². The summed E-state index contributed by atoms with van der Waals surface area (Å²) in [5.41, 5.74) is 1.20. The Hall–Kier alpha value is -1.55. The summed E-state index contributed by atoms with van der Waals surface area (Å²) in [6, 6.07) is 3.38. The van der Waals surface area contributed by atoms with Gasteiger partial charge in [0.2, 0.25) is 0 Å². The zero-order valence-corrected chi connectivity index (χ0v) is 8.84. The maximum atomic E-state index is 11.5. The maximum Gasteiger partial charge on any atom is 0.260 e. The third-order valence-corrected chi connectivity index (χ3v) is 2.21. The van der Waals surface area contributed by atoms with E-state index in [9.17, 15) is 4.79 Å². The number of aromatic nitrogens is 1. The fourth-order valence-electron chi connectivity index (χ4n) is 1.33. The van der Waals surface area contributed by atoms with Gasteiger partial charge in [-0.25, -0.2) is 4.98 Å². The van der Waals surface area contributed by atoms with Crippen LogP contribution in [-0.2, 0) is 9.53 Å². The summed E-state index contributed by atoms with van der Waals surface area (Å²) in [5.74, 6) is 0.270. The molecule has 0 saturated carbocycles. The van der Waals surface area contributed by atoms with E-state index in [1.54, 1.807) is 12.1 Å². The first-order valence-electron chi connectivity index (χ1n) is 4.52. The largest absolute Gasteiger partial charge is 0.501 e. The summed E-state index contributed by atoms with van der Waals surface area (Å²) >= 11 is 5.71. The Morgan fingerprint density at radius 1 is 1.60 bits per heavy atom. The summed E-state index contributed by atoms with van der Waals surface area (Å²) in [6.45, 7) is 2.37. The number of fused-ring (bicyclic) bond motifs is 1. The molecule has 0 fully saturated rings. The Morgan fingerprint density at radius 2 is 2.40 bits per heavy atom. The Balaban J connectivity index is 2.42. The molecule has 2 rings (SSSR count). The second kappa shape index (κ2) is 3.90. The normalized spacial score (nSPS) is 16.4. The van der Waals surface area contributed by atoms with Crippen LogP contribution in [0.5, 0.6) is 0 Å². The fourth-order valence-corrected chi connectivity index (χ4v) is 1.48. The van der Waals surface area contributed by atoms with E-state index in [2.05, 4.69) is 10.3 Å². The highest BCUT2D eigenvalue weighted by atomic mass is 35.5. The molecule has 15 heavy (non-hydrogen) atoms. The molecular weight excluding hydrogens is 216 g/mol. The molecule has 0 atom stereocenters. The molecule has 5 heteroatoms. The van der Waals surface area contributed by atoms with Crippen molar-refractivity contribution in [1.29, 1.82) is 0 Å². The molecule has 78 valence electrons. The summed E-state index contributed by atoms with van der Waals surface area (Å²) in [4.78, 5) is 15.5. The number of pyridine rings is 1. The summed E-state index contributed by atoms with van der Waals surface area (Å²) in [7, 11) is 0. The van der Waals surface area contributed by atoms with E-state index in [-0.39, 0.29) is 5.91 Å². The minimum Gasteiger partial charge on any atom is -0.501 e. The lowest BCUT2D eigenvalue weighted by Crippen LogP contribution is -2.04. The van der Waals surface area contributed by atoms with Crippen molar-refractivity contribution in [2.45, 2.75) is 6.92 Å². The molecule has 0 aromatic carbocycles. The van der Waals surface area contributed by atoms with Gasteiger partial charge in [0.15, 0.2) is 0 Å². The Bertz CT molecular complexity index is 443. The van der Waals surface area contributed by atoms with Crippen molar-refractivity contribution < 1.29 is 9.53 Å². The van der Waals surface area contributed by atoms with Crippen molar-refractivity contribution in [2.24, 2.45) is 0 Å². The zero-order valence-electron chi connectivity index (χ0n) is 8.08. The molecule has 1 aromatic rings. The Morgan fingerprint density at radius 3 is 3.13 bits per heavy atom. The van der Waals surface area contributed by atoms with Gasteiger partial charge in [-0.2, -0.15) is 0 Å².